The molecule has 1 atom stereocenters. The monoisotopic (exact) mass is 574 g/mol. The Morgan fingerprint density at radius 1 is 0.811 bits per heavy atom. The minimum Gasteiger partial charge on any atom is -0.748 e. The van der Waals surface area contributed by atoms with E-state index >= 15 is 0 Å². The van der Waals surface area contributed by atoms with E-state index in [1.165, 1.54) is 24.0 Å². The number of nitrogens with zero attached hydrogens (tertiary/aromatic N) is 4. The first-order valence-electron chi connectivity index (χ1n) is 12.7. The molecule has 0 aliphatic rings. The van der Waals surface area contributed by atoms with Crippen molar-refractivity contribution in [2.75, 3.05) is 0 Å². The van der Waals surface area contributed by atoms with Gasteiger partial charge in [-0.2, -0.15) is 6.07 Å². The van der Waals surface area contributed by atoms with Crippen LogP contribution in [0.25, 0.3) is 0 Å². The average molecular weight is 574 g/mol. The number of hydrogen-bond donors (Lipinski definition) is 0. The van der Waals surface area contributed by atoms with Gasteiger partial charge in [-0.15, -0.1) is 28.3 Å². The molecule has 0 saturated carbocycles. The topological polar surface area (TPSA) is 51.6 Å². The molecule has 4 nitrogen and oxygen atoms in total. The van der Waals surface area contributed by atoms with E-state index in [1.54, 1.807) is 24.8 Å². The molecular formula is C30H40FeN4P2-6. The van der Waals surface area contributed by atoms with Crippen LogP contribution in [-0.2, 0) is 28.4 Å². The summed E-state index contributed by atoms with van der Waals surface area (Å²) in [4.78, 5) is 18.1. The molecule has 0 aliphatic carbocycles. The molecule has 4 aromatic rings. The molecule has 0 fully saturated rings. The van der Waals surface area contributed by atoms with E-state index in [-0.39, 0.29) is 25.0 Å². The van der Waals surface area contributed by atoms with Crippen LogP contribution >= 0.6 is 17.2 Å². The van der Waals surface area contributed by atoms with Crippen LogP contribution in [0, 0.1) is 0 Å². The summed E-state index contributed by atoms with van der Waals surface area (Å²) in [5.41, 5.74) is 4.33. The fourth-order valence-corrected chi connectivity index (χ4v) is 8.97. The van der Waals surface area contributed by atoms with Gasteiger partial charge in [0.25, 0.3) is 0 Å². The van der Waals surface area contributed by atoms with Crippen LogP contribution in [0.3, 0.4) is 0 Å². The zero-order valence-electron chi connectivity index (χ0n) is 22.9. The maximum absolute atomic E-state index is 4.69. The van der Waals surface area contributed by atoms with Crippen LogP contribution in [0.1, 0.15) is 76.9 Å². The van der Waals surface area contributed by atoms with Gasteiger partial charge in [-0.3, -0.25) is 19.9 Å². The van der Waals surface area contributed by atoms with Gasteiger partial charge in [-0.1, -0.05) is 47.7 Å². The SMILES string of the molecule is CCC(C)(C)P(C[c-]1cccc1C(P)(c1cnccn1)c1cnccn1)C(C)(C)CC.[Fe].[cH-]1[cH-][cH-][cH-][cH-]1. The Kier molecular flexibility index (Phi) is 11.8. The second kappa shape index (κ2) is 13.9. The quantitative estimate of drug-likeness (QED) is 0.116. The molecule has 0 aliphatic heterocycles. The van der Waals surface area contributed by atoms with E-state index in [2.05, 4.69) is 88.9 Å². The summed E-state index contributed by atoms with van der Waals surface area (Å²) in [6.07, 6.45) is 14.0. The van der Waals surface area contributed by atoms with Gasteiger partial charge in [0.1, 0.15) is 0 Å². The summed E-state index contributed by atoms with van der Waals surface area (Å²) in [6.45, 7) is 14.4. The largest absolute Gasteiger partial charge is 0.748 e. The molecule has 0 radical (unpaired) electrons. The van der Waals surface area contributed by atoms with Gasteiger partial charge >= 0.3 is 0 Å². The van der Waals surface area contributed by atoms with Crippen LogP contribution in [0.4, 0.5) is 0 Å². The van der Waals surface area contributed by atoms with Crippen molar-refractivity contribution in [3.8, 4) is 0 Å². The maximum Gasteiger partial charge on any atom is 0.0769 e. The summed E-state index contributed by atoms with van der Waals surface area (Å²) in [7, 11) is 2.75. The van der Waals surface area contributed by atoms with Gasteiger partial charge in [0.15, 0.2) is 0 Å². The Balaban J connectivity index is 0.000000716. The van der Waals surface area contributed by atoms with Gasteiger partial charge < -0.3 is 30.3 Å². The predicted molar refractivity (Wildman–Crippen MR) is 157 cm³/mol. The number of rotatable bonds is 9. The molecule has 204 valence electrons. The molecule has 37 heavy (non-hydrogen) atoms. The van der Waals surface area contributed by atoms with Crippen LogP contribution in [0.15, 0.2) is 85.7 Å². The second-order valence-electron chi connectivity index (χ2n) is 10.3. The van der Waals surface area contributed by atoms with Gasteiger partial charge in [-0.05, 0) is 23.2 Å². The molecule has 0 amide bonds. The van der Waals surface area contributed by atoms with Crippen molar-refractivity contribution in [1.82, 2.24) is 19.9 Å². The van der Waals surface area contributed by atoms with E-state index in [1.807, 2.05) is 42.7 Å². The van der Waals surface area contributed by atoms with Crippen LogP contribution in [0.2, 0.25) is 0 Å². The Morgan fingerprint density at radius 3 is 1.65 bits per heavy atom. The summed E-state index contributed by atoms with van der Waals surface area (Å²) < 4.78 is 0. The first kappa shape index (κ1) is 31.5. The van der Waals surface area contributed by atoms with Crippen molar-refractivity contribution >= 4 is 17.2 Å². The van der Waals surface area contributed by atoms with E-state index < -0.39 is 5.16 Å². The average Bonchev–Trinajstić information content (AvgIpc) is 3.63. The number of aromatic nitrogens is 4. The first-order valence-corrected chi connectivity index (χ1v) is 14.8. The third-order valence-electron chi connectivity index (χ3n) is 7.34. The molecule has 0 N–H and O–H groups in total. The summed E-state index contributed by atoms with van der Waals surface area (Å²) in [5, 5.41) is 0.00708. The van der Waals surface area contributed by atoms with Crippen LogP contribution < -0.4 is 0 Å². The zero-order chi connectivity index (χ0) is 26.2. The third kappa shape index (κ3) is 7.42. The molecule has 0 spiro atoms. The smallest absolute Gasteiger partial charge is 0.0769 e. The van der Waals surface area contributed by atoms with Crippen molar-refractivity contribution in [3.05, 3.63) is 108 Å². The molecule has 2 aromatic heterocycles. The fraction of sp³-hybridized carbons (Fsp3) is 0.400. The van der Waals surface area contributed by atoms with Crippen molar-refractivity contribution in [3.63, 3.8) is 0 Å². The van der Waals surface area contributed by atoms with E-state index in [0.29, 0.717) is 10.3 Å². The third-order valence-corrected chi connectivity index (χ3v) is 12.5. The normalized spacial score (nSPS) is 12.0. The molecule has 7 heteroatoms. The molecule has 0 bridgehead atoms. The van der Waals surface area contributed by atoms with Crippen molar-refractivity contribution < 1.29 is 17.1 Å². The van der Waals surface area contributed by atoms with E-state index in [4.69, 9.17) is 0 Å². The molecule has 1 unspecified atom stereocenters. The predicted octanol–water partition coefficient (Wildman–Crippen LogP) is 7.91. The van der Waals surface area contributed by atoms with Crippen molar-refractivity contribution in [2.24, 2.45) is 0 Å². The van der Waals surface area contributed by atoms with Crippen molar-refractivity contribution in [2.45, 2.75) is 76.0 Å². The fourth-order valence-electron chi connectivity index (χ4n) is 4.51. The molecule has 4 rings (SSSR count). The molecule has 2 aromatic carbocycles. The van der Waals surface area contributed by atoms with Gasteiger partial charge in [-0.25, -0.2) is 12.1 Å². The minimum absolute atomic E-state index is 0. The Bertz CT molecular complexity index is 1090. The van der Waals surface area contributed by atoms with Gasteiger partial charge in [0, 0.05) is 54.2 Å². The van der Waals surface area contributed by atoms with Crippen LogP contribution in [0.5, 0.6) is 0 Å². The maximum atomic E-state index is 4.69. The zero-order valence-corrected chi connectivity index (χ0v) is 26.0. The van der Waals surface area contributed by atoms with E-state index in [9.17, 15) is 0 Å². The second-order valence-corrected chi connectivity index (χ2v) is 14.8. The van der Waals surface area contributed by atoms with E-state index in [0.717, 1.165) is 17.5 Å². The molecule has 2 heterocycles. The summed E-state index contributed by atoms with van der Waals surface area (Å²) >= 11 is 0. The summed E-state index contributed by atoms with van der Waals surface area (Å²) in [6, 6.07) is 16.7. The van der Waals surface area contributed by atoms with Gasteiger partial charge in [0.2, 0.25) is 0 Å². The first-order chi connectivity index (χ1) is 17.2. The molecular weight excluding hydrogens is 534 g/mol. The van der Waals surface area contributed by atoms with Crippen LogP contribution in [-0.4, -0.2) is 30.2 Å². The Morgan fingerprint density at radius 2 is 1.27 bits per heavy atom. The standard InChI is InChI=1S/C25H35N4P2.C5H5.Fe/c1-7-23(3,4)31(24(5,6)8-2)18-19-10-9-11-20(19)25(30,21-16-26-12-14-28-21)22-17-27-13-15-29-22;1-2-4-5-3-1;/h9-17H,7-8,18,30H2,1-6H3;1-5H;/q-1;-5;. The molecule has 0 saturated heterocycles. The Labute approximate surface area is 237 Å². The van der Waals surface area contributed by atoms with Gasteiger partial charge in [0.05, 0.1) is 16.5 Å². The van der Waals surface area contributed by atoms with Crippen molar-refractivity contribution in [1.29, 1.82) is 0 Å². The minimum atomic E-state index is -0.588. The summed E-state index contributed by atoms with van der Waals surface area (Å²) in [5.74, 6) is 0. The number of hydrogen-bond acceptors (Lipinski definition) is 4. The Hall–Kier alpha value is -1.76.